The van der Waals surface area contributed by atoms with Crippen molar-refractivity contribution in [3.63, 3.8) is 0 Å². The first-order valence-electron chi connectivity index (χ1n) is 3.49. The Morgan fingerprint density at radius 2 is 1.86 bits per heavy atom. The number of nitrogens with one attached hydrogen (secondary N) is 1. The van der Waals surface area contributed by atoms with Crippen molar-refractivity contribution >= 4 is 22.1 Å². The van der Waals surface area contributed by atoms with Gasteiger partial charge < -0.3 is 0 Å². The Morgan fingerprint density at radius 3 is 2.29 bits per heavy atom. The lowest BCUT2D eigenvalue weighted by molar-refractivity contribution is 0.0706. The largest absolute Gasteiger partial charge is 0.316 e. The Hall–Kier alpha value is -1.73. The fourth-order valence-corrected chi connectivity index (χ4v) is 1.12. The van der Waals surface area contributed by atoms with Gasteiger partial charge in [-0.1, -0.05) is 0 Å². The van der Waals surface area contributed by atoms with Crippen LogP contribution in [-0.4, -0.2) is 19.5 Å². The standard InChI is InChI=1S/C7H6N2O4S/c10-7(8-11)5-1-3-6(4-2-5)9-14(12)13/h1-4,11H,(H,8,10). The summed E-state index contributed by atoms with van der Waals surface area (Å²) in [6.45, 7) is 0. The van der Waals surface area contributed by atoms with Crippen molar-refractivity contribution in [3.8, 4) is 0 Å². The SMILES string of the molecule is O=C(NO)c1ccc(N=S(=O)=O)cc1. The van der Waals surface area contributed by atoms with E-state index < -0.39 is 16.4 Å². The van der Waals surface area contributed by atoms with Crippen molar-refractivity contribution in [1.29, 1.82) is 0 Å². The first-order valence-corrected chi connectivity index (χ1v) is 4.52. The van der Waals surface area contributed by atoms with Gasteiger partial charge in [0.05, 0.1) is 5.69 Å². The van der Waals surface area contributed by atoms with Gasteiger partial charge >= 0.3 is 10.5 Å². The molecular weight excluding hydrogens is 208 g/mol. The molecule has 0 saturated heterocycles. The first kappa shape index (κ1) is 10.4. The van der Waals surface area contributed by atoms with Crippen LogP contribution in [0.1, 0.15) is 10.4 Å². The number of nitrogens with zero attached hydrogens (tertiary/aromatic N) is 1. The van der Waals surface area contributed by atoms with Gasteiger partial charge in [-0.2, -0.15) is 8.42 Å². The number of carbonyl (C=O) groups excluding carboxylic acids is 1. The number of rotatable bonds is 2. The number of hydroxylamine groups is 1. The number of benzene rings is 1. The highest BCUT2D eigenvalue weighted by Crippen LogP contribution is 2.12. The highest BCUT2D eigenvalue weighted by atomic mass is 32.2. The molecule has 1 aromatic rings. The Labute approximate surface area is 80.8 Å². The molecule has 0 heterocycles. The average Bonchev–Trinajstić information content (AvgIpc) is 2.17. The average molecular weight is 214 g/mol. The Kier molecular flexibility index (Phi) is 3.32. The molecule has 1 amide bonds. The minimum atomic E-state index is -2.51. The summed E-state index contributed by atoms with van der Waals surface area (Å²) in [5.41, 5.74) is 1.88. The van der Waals surface area contributed by atoms with Gasteiger partial charge in [0, 0.05) is 5.56 Å². The predicted molar refractivity (Wildman–Crippen MR) is 46.7 cm³/mol. The van der Waals surface area contributed by atoms with Crippen LogP contribution >= 0.6 is 0 Å². The topological polar surface area (TPSA) is 95.8 Å². The van der Waals surface area contributed by atoms with Crippen LogP contribution in [0.4, 0.5) is 5.69 Å². The molecule has 1 aromatic carbocycles. The third-order valence-electron chi connectivity index (χ3n) is 1.41. The van der Waals surface area contributed by atoms with E-state index in [1.54, 1.807) is 0 Å². The summed E-state index contributed by atoms with van der Waals surface area (Å²) in [4.78, 5) is 10.8. The van der Waals surface area contributed by atoms with Crippen LogP contribution in [0.5, 0.6) is 0 Å². The van der Waals surface area contributed by atoms with Crippen molar-refractivity contribution in [1.82, 2.24) is 5.48 Å². The molecule has 0 aromatic heterocycles. The molecule has 2 N–H and O–H groups in total. The summed E-state index contributed by atoms with van der Waals surface area (Å²) in [6, 6.07) is 5.38. The van der Waals surface area contributed by atoms with Crippen molar-refractivity contribution in [3.05, 3.63) is 29.8 Å². The van der Waals surface area contributed by atoms with Gasteiger partial charge in [0.1, 0.15) is 0 Å². The van der Waals surface area contributed by atoms with Crippen molar-refractivity contribution < 1.29 is 18.4 Å². The van der Waals surface area contributed by atoms with Gasteiger partial charge in [-0.15, -0.1) is 4.36 Å². The zero-order valence-electron chi connectivity index (χ0n) is 6.84. The summed E-state index contributed by atoms with van der Waals surface area (Å²) < 4.78 is 23.5. The highest BCUT2D eigenvalue weighted by Gasteiger charge is 2.02. The summed E-state index contributed by atoms with van der Waals surface area (Å²) in [5, 5.41) is 8.28. The lowest BCUT2D eigenvalue weighted by atomic mass is 10.2. The first-order chi connectivity index (χ1) is 6.63. The number of hydrogen-bond acceptors (Lipinski definition) is 5. The Balaban J connectivity index is 3.00. The summed E-state index contributed by atoms with van der Waals surface area (Å²) in [7, 11) is -2.51. The van der Waals surface area contributed by atoms with Gasteiger partial charge in [-0.25, -0.2) is 5.48 Å². The van der Waals surface area contributed by atoms with Crippen LogP contribution in [-0.2, 0) is 10.5 Å². The molecule has 0 aliphatic heterocycles. The predicted octanol–water partition coefficient (Wildman–Crippen LogP) is 0.500. The Bertz CT molecular complexity index is 455. The monoisotopic (exact) mass is 214 g/mol. The second kappa shape index (κ2) is 4.49. The van der Waals surface area contributed by atoms with Gasteiger partial charge in [0.15, 0.2) is 0 Å². The third-order valence-corrected chi connectivity index (χ3v) is 1.77. The summed E-state index contributed by atoms with van der Waals surface area (Å²) >= 11 is 0. The van der Waals surface area contributed by atoms with Crippen LogP contribution in [0.2, 0.25) is 0 Å². The minimum absolute atomic E-state index is 0.211. The quantitative estimate of drug-likeness (QED) is 0.553. The van der Waals surface area contributed by atoms with E-state index in [-0.39, 0.29) is 11.3 Å². The fourth-order valence-electron chi connectivity index (χ4n) is 0.824. The van der Waals surface area contributed by atoms with Gasteiger partial charge in [-0.3, -0.25) is 10.0 Å². The molecule has 7 heteroatoms. The van der Waals surface area contributed by atoms with Gasteiger partial charge in [-0.05, 0) is 24.3 Å². The lowest BCUT2D eigenvalue weighted by Crippen LogP contribution is -2.18. The van der Waals surface area contributed by atoms with Crippen molar-refractivity contribution in [2.45, 2.75) is 0 Å². The second-order valence-corrected chi connectivity index (χ2v) is 2.91. The van der Waals surface area contributed by atoms with E-state index in [1.165, 1.54) is 29.7 Å². The summed E-state index contributed by atoms with van der Waals surface area (Å²) in [5.74, 6) is -0.667. The van der Waals surface area contributed by atoms with Crippen molar-refractivity contribution in [2.75, 3.05) is 0 Å². The van der Waals surface area contributed by atoms with Gasteiger partial charge in [0.25, 0.3) is 5.91 Å². The molecule has 0 atom stereocenters. The second-order valence-electron chi connectivity index (χ2n) is 2.30. The van der Waals surface area contributed by atoms with E-state index >= 15 is 0 Å². The number of carbonyl (C=O) groups is 1. The normalized spacial score (nSPS) is 9.21. The van der Waals surface area contributed by atoms with Crippen LogP contribution < -0.4 is 5.48 Å². The molecule has 6 nitrogen and oxygen atoms in total. The van der Waals surface area contributed by atoms with Crippen LogP contribution in [0.3, 0.4) is 0 Å². The molecule has 0 spiro atoms. The van der Waals surface area contributed by atoms with Crippen LogP contribution in [0.15, 0.2) is 28.6 Å². The maximum atomic E-state index is 10.8. The van der Waals surface area contributed by atoms with E-state index in [4.69, 9.17) is 5.21 Å². The maximum absolute atomic E-state index is 10.8. The lowest BCUT2D eigenvalue weighted by Gasteiger charge is -1.97. The van der Waals surface area contributed by atoms with E-state index in [1.807, 2.05) is 0 Å². The number of hydrogen-bond donors (Lipinski definition) is 2. The maximum Gasteiger partial charge on any atom is 0.316 e. The molecule has 74 valence electrons. The Morgan fingerprint density at radius 1 is 1.29 bits per heavy atom. The number of amides is 1. The molecular formula is C7H6N2O4S. The fraction of sp³-hybridized carbons (Fsp3) is 0. The highest BCUT2D eigenvalue weighted by molar-refractivity contribution is 7.61. The molecule has 0 radical (unpaired) electrons. The van der Waals surface area contributed by atoms with Crippen molar-refractivity contribution in [2.24, 2.45) is 4.36 Å². The molecule has 14 heavy (non-hydrogen) atoms. The van der Waals surface area contributed by atoms with E-state index in [0.717, 1.165) is 0 Å². The van der Waals surface area contributed by atoms with E-state index in [9.17, 15) is 13.2 Å². The van der Waals surface area contributed by atoms with E-state index in [0.29, 0.717) is 0 Å². The molecule has 0 fully saturated rings. The van der Waals surface area contributed by atoms with Crippen LogP contribution in [0.25, 0.3) is 0 Å². The minimum Gasteiger partial charge on any atom is -0.288 e. The third kappa shape index (κ3) is 2.64. The summed E-state index contributed by atoms with van der Waals surface area (Å²) in [6.07, 6.45) is 0. The molecule has 0 bridgehead atoms. The molecule has 0 unspecified atom stereocenters. The van der Waals surface area contributed by atoms with E-state index in [2.05, 4.69) is 4.36 Å². The van der Waals surface area contributed by atoms with Gasteiger partial charge in [0.2, 0.25) is 0 Å². The molecule has 0 saturated carbocycles. The zero-order chi connectivity index (χ0) is 10.6. The molecule has 0 aliphatic carbocycles. The van der Waals surface area contributed by atoms with Crippen LogP contribution in [0, 0.1) is 0 Å². The smallest absolute Gasteiger partial charge is 0.288 e. The molecule has 1 rings (SSSR count). The molecule has 0 aliphatic rings. The zero-order valence-corrected chi connectivity index (χ0v) is 7.65.